The van der Waals surface area contributed by atoms with Crippen LogP contribution < -0.4 is 15.9 Å². The van der Waals surface area contributed by atoms with Crippen molar-refractivity contribution in [3.05, 3.63) is 47.1 Å². The van der Waals surface area contributed by atoms with Crippen molar-refractivity contribution in [2.75, 3.05) is 49.6 Å². The highest BCUT2D eigenvalue weighted by Crippen LogP contribution is 2.08. The Hall–Kier alpha value is -2.48. The zero-order chi connectivity index (χ0) is 15.2. The van der Waals surface area contributed by atoms with Gasteiger partial charge in [0.1, 0.15) is 0 Å². The fraction of sp³-hybridized carbons (Fsp3) is 0.429. The summed E-state index contributed by atoms with van der Waals surface area (Å²) in [5.74, 6) is 0.792. The Morgan fingerprint density at radius 1 is 1.05 bits per heavy atom. The molecule has 8 heteroatoms. The van der Waals surface area contributed by atoms with Gasteiger partial charge in [0.25, 0.3) is 5.56 Å². The minimum absolute atomic E-state index is 0.145. The number of hydrogen-bond donors (Lipinski definition) is 1. The first-order valence-corrected chi connectivity index (χ1v) is 7.35. The van der Waals surface area contributed by atoms with Gasteiger partial charge in [0.2, 0.25) is 5.95 Å². The number of nitrogens with zero attached hydrogens (tertiary/aromatic N) is 6. The van der Waals surface area contributed by atoms with Gasteiger partial charge in [0, 0.05) is 63.9 Å². The lowest BCUT2D eigenvalue weighted by Crippen LogP contribution is -2.48. The monoisotopic (exact) mass is 301 g/mol. The van der Waals surface area contributed by atoms with Crippen LogP contribution in [0.15, 0.2) is 41.6 Å². The zero-order valence-electron chi connectivity index (χ0n) is 12.3. The maximum absolute atomic E-state index is 11.5. The van der Waals surface area contributed by atoms with Crippen molar-refractivity contribution in [2.24, 2.45) is 0 Å². The van der Waals surface area contributed by atoms with Crippen molar-refractivity contribution < 1.29 is 0 Å². The van der Waals surface area contributed by atoms with E-state index in [4.69, 9.17) is 0 Å². The van der Waals surface area contributed by atoms with Crippen LogP contribution in [0.5, 0.6) is 0 Å². The molecule has 3 rings (SSSR count). The van der Waals surface area contributed by atoms with Gasteiger partial charge < -0.3 is 10.3 Å². The van der Waals surface area contributed by atoms with Gasteiger partial charge in [0.05, 0.1) is 0 Å². The van der Waals surface area contributed by atoms with E-state index in [-0.39, 0.29) is 5.56 Å². The van der Waals surface area contributed by atoms with Crippen molar-refractivity contribution in [1.82, 2.24) is 24.8 Å². The van der Waals surface area contributed by atoms with Gasteiger partial charge in [0.15, 0.2) is 0 Å². The van der Waals surface area contributed by atoms with Crippen molar-refractivity contribution in [3.8, 4) is 0 Å². The molecule has 3 heterocycles. The Bertz CT molecular complexity index is 637. The highest BCUT2D eigenvalue weighted by molar-refractivity contribution is 5.29. The lowest BCUT2D eigenvalue weighted by atomic mass is 10.3. The van der Waals surface area contributed by atoms with E-state index in [1.54, 1.807) is 24.7 Å². The van der Waals surface area contributed by atoms with Gasteiger partial charge in [-0.3, -0.25) is 9.69 Å². The highest BCUT2D eigenvalue weighted by atomic mass is 16.1. The molecule has 116 valence electrons. The predicted molar refractivity (Wildman–Crippen MR) is 83.4 cm³/mol. The molecule has 1 aliphatic rings. The van der Waals surface area contributed by atoms with E-state index in [1.807, 2.05) is 6.07 Å². The van der Waals surface area contributed by atoms with E-state index in [1.165, 1.54) is 10.9 Å². The Morgan fingerprint density at radius 3 is 2.55 bits per heavy atom. The molecule has 0 unspecified atom stereocenters. The Morgan fingerprint density at radius 2 is 1.82 bits per heavy atom. The van der Waals surface area contributed by atoms with Crippen molar-refractivity contribution in [2.45, 2.75) is 0 Å². The molecule has 0 atom stereocenters. The number of aromatic nitrogens is 4. The van der Waals surface area contributed by atoms with Crippen molar-refractivity contribution >= 4 is 5.95 Å². The van der Waals surface area contributed by atoms with Crippen LogP contribution >= 0.6 is 0 Å². The minimum Gasteiger partial charge on any atom is -0.338 e. The first kappa shape index (κ1) is 14.5. The smallest absolute Gasteiger partial charge is 0.285 e. The quantitative estimate of drug-likeness (QED) is 0.790. The number of anilines is 1. The molecule has 2 aromatic heterocycles. The second kappa shape index (κ2) is 6.99. The zero-order valence-corrected chi connectivity index (χ0v) is 12.3. The summed E-state index contributed by atoms with van der Waals surface area (Å²) < 4.78 is 0. The molecule has 0 aliphatic carbocycles. The van der Waals surface area contributed by atoms with Crippen LogP contribution in [0.25, 0.3) is 0 Å². The predicted octanol–water partition coefficient (Wildman–Crippen LogP) is -0.601. The fourth-order valence-electron chi connectivity index (χ4n) is 2.42. The van der Waals surface area contributed by atoms with Gasteiger partial charge in [-0.25, -0.2) is 9.97 Å². The number of piperazine rings is 1. The number of nitrogens with one attached hydrogen (secondary N) is 1. The lowest BCUT2D eigenvalue weighted by molar-refractivity contribution is 0.263. The molecule has 0 amide bonds. The summed E-state index contributed by atoms with van der Waals surface area (Å²) in [7, 11) is 0. The maximum atomic E-state index is 11.5. The van der Waals surface area contributed by atoms with Crippen molar-refractivity contribution in [3.63, 3.8) is 0 Å². The Labute approximate surface area is 128 Å². The number of rotatable bonds is 5. The average molecular weight is 301 g/mol. The van der Waals surface area contributed by atoms with Crippen LogP contribution in [0.3, 0.4) is 0 Å². The second-order valence-corrected chi connectivity index (χ2v) is 5.06. The summed E-state index contributed by atoms with van der Waals surface area (Å²) in [4.78, 5) is 25.9. The molecule has 1 N–H and O–H groups in total. The van der Waals surface area contributed by atoms with Crippen LogP contribution in [-0.4, -0.2) is 64.0 Å². The largest absolute Gasteiger partial charge is 0.338 e. The Balaban J connectivity index is 1.43. The molecule has 22 heavy (non-hydrogen) atoms. The topological polar surface area (TPSA) is 79.2 Å². The molecular weight excluding hydrogens is 282 g/mol. The SMILES string of the molecule is O=c1cccnn1NCCN1CCN(c2ncccn2)CC1. The molecule has 2 aromatic rings. The second-order valence-electron chi connectivity index (χ2n) is 5.06. The van der Waals surface area contributed by atoms with Crippen LogP contribution in [0.1, 0.15) is 0 Å². The summed E-state index contributed by atoms with van der Waals surface area (Å²) in [5.41, 5.74) is 2.87. The molecule has 0 radical (unpaired) electrons. The average Bonchev–Trinajstić information content (AvgIpc) is 2.58. The van der Waals surface area contributed by atoms with Crippen LogP contribution in [0, 0.1) is 0 Å². The maximum Gasteiger partial charge on any atom is 0.285 e. The van der Waals surface area contributed by atoms with E-state index in [2.05, 4.69) is 30.3 Å². The third-order valence-corrected chi connectivity index (χ3v) is 3.61. The van der Waals surface area contributed by atoms with Gasteiger partial charge in [-0.1, -0.05) is 0 Å². The fourth-order valence-corrected chi connectivity index (χ4v) is 2.42. The molecular formula is C14H19N7O. The van der Waals surface area contributed by atoms with Crippen molar-refractivity contribution in [1.29, 1.82) is 0 Å². The van der Waals surface area contributed by atoms with Gasteiger partial charge in [-0.05, 0) is 12.1 Å². The third-order valence-electron chi connectivity index (χ3n) is 3.61. The standard InChI is InChI=1S/C14H19N7O/c22-13-3-1-6-17-21(13)18-7-8-19-9-11-20(12-10-19)14-15-4-2-5-16-14/h1-6,18H,7-12H2. The molecule has 1 fully saturated rings. The van der Waals surface area contributed by atoms with E-state index < -0.39 is 0 Å². The summed E-state index contributed by atoms with van der Waals surface area (Å²) in [6, 6.07) is 4.94. The minimum atomic E-state index is -0.145. The summed E-state index contributed by atoms with van der Waals surface area (Å²) in [6.07, 6.45) is 5.12. The molecule has 0 spiro atoms. The lowest BCUT2D eigenvalue weighted by Gasteiger charge is -2.34. The van der Waals surface area contributed by atoms with Crippen LogP contribution in [0.4, 0.5) is 5.95 Å². The highest BCUT2D eigenvalue weighted by Gasteiger charge is 2.18. The molecule has 0 bridgehead atoms. The Kier molecular flexibility index (Phi) is 4.59. The van der Waals surface area contributed by atoms with Crippen LogP contribution in [-0.2, 0) is 0 Å². The van der Waals surface area contributed by atoms with Gasteiger partial charge in [-0.2, -0.15) is 5.10 Å². The van der Waals surface area contributed by atoms with E-state index in [0.717, 1.165) is 38.7 Å². The summed E-state index contributed by atoms with van der Waals surface area (Å²) >= 11 is 0. The molecule has 0 aromatic carbocycles. The molecule has 1 aliphatic heterocycles. The van der Waals surface area contributed by atoms with E-state index in [9.17, 15) is 4.79 Å². The molecule has 1 saturated heterocycles. The van der Waals surface area contributed by atoms with Gasteiger partial charge >= 0.3 is 0 Å². The normalized spacial score (nSPS) is 15.7. The van der Waals surface area contributed by atoms with E-state index in [0.29, 0.717) is 6.54 Å². The van der Waals surface area contributed by atoms with Gasteiger partial charge in [-0.15, -0.1) is 4.79 Å². The molecule has 8 nitrogen and oxygen atoms in total. The van der Waals surface area contributed by atoms with Crippen LogP contribution in [0.2, 0.25) is 0 Å². The summed E-state index contributed by atoms with van der Waals surface area (Å²) in [6.45, 7) is 5.28. The third kappa shape index (κ3) is 3.59. The first-order chi connectivity index (χ1) is 10.8. The molecule has 0 saturated carbocycles. The van der Waals surface area contributed by atoms with E-state index >= 15 is 0 Å². The number of hydrogen-bond acceptors (Lipinski definition) is 7. The first-order valence-electron chi connectivity index (χ1n) is 7.35. The summed E-state index contributed by atoms with van der Waals surface area (Å²) in [5, 5.41) is 3.96.